The van der Waals surface area contributed by atoms with Crippen LogP contribution in [-0.2, 0) is 11.2 Å². The van der Waals surface area contributed by atoms with Crippen LogP contribution in [0.2, 0.25) is 0 Å². The Bertz CT molecular complexity index is 304. The van der Waals surface area contributed by atoms with Crippen molar-refractivity contribution in [1.82, 2.24) is 0 Å². The lowest BCUT2D eigenvalue weighted by Crippen LogP contribution is -2.32. The van der Waals surface area contributed by atoms with Gasteiger partial charge in [-0.2, -0.15) is 0 Å². The van der Waals surface area contributed by atoms with Gasteiger partial charge in [0.2, 0.25) is 0 Å². The van der Waals surface area contributed by atoms with E-state index >= 15 is 0 Å². The predicted molar refractivity (Wildman–Crippen MR) is 53.4 cm³/mol. The molecule has 3 N–H and O–H groups in total. The number of carbonyl (C=O) groups is 1. The van der Waals surface area contributed by atoms with Crippen LogP contribution in [-0.4, -0.2) is 17.1 Å². The molecule has 0 aliphatic heterocycles. The second-order valence-corrected chi connectivity index (χ2v) is 4.06. The zero-order valence-electron chi connectivity index (χ0n) is 6.46. The molecule has 0 aliphatic carbocycles. The van der Waals surface area contributed by atoms with E-state index in [-0.39, 0.29) is 6.42 Å². The summed E-state index contributed by atoms with van der Waals surface area (Å²) in [5, 5.41) is 8.53. The molecule has 0 saturated heterocycles. The molecule has 4 nitrogen and oxygen atoms in total. The number of halogens is 2. The number of furan rings is 1. The normalized spacial score (nSPS) is 12.8. The smallest absolute Gasteiger partial charge is 0.320 e. The number of aliphatic carboxylic acids is 1. The van der Waals surface area contributed by atoms with Crippen LogP contribution in [0.15, 0.2) is 19.6 Å². The Kier molecular flexibility index (Phi) is 3.52. The fourth-order valence-corrected chi connectivity index (χ4v) is 1.45. The standard InChI is InChI=1S/C7H7Br2NO3/c8-4-1-3(13-6(4)9)2-5(10)7(11)12/h1,5H,2,10H2,(H,11,12)/t5-/m0/s1. The van der Waals surface area contributed by atoms with Gasteiger partial charge in [-0.3, -0.25) is 4.79 Å². The second kappa shape index (κ2) is 4.26. The molecule has 0 saturated carbocycles. The van der Waals surface area contributed by atoms with Crippen molar-refractivity contribution in [2.45, 2.75) is 12.5 Å². The van der Waals surface area contributed by atoms with E-state index in [1.165, 1.54) is 0 Å². The molecule has 0 unspecified atom stereocenters. The third-order valence-electron chi connectivity index (χ3n) is 1.43. The van der Waals surface area contributed by atoms with Gasteiger partial charge in [0.1, 0.15) is 11.8 Å². The van der Waals surface area contributed by atoms with Gasteiger partial charge in [-0.1, -0.05) is 0 Å². The largest absolute Gasteiger partial charge is 0.480 e. The molecule has 0 spiro atoms. The van der Waals surface area contributed by atoms with E-state index in [1.54, 1.807) is 6.07 Å². The molecule has 0 aliphatic rings. The lowest BCUT2D eigenvalue weighted by Gasteiger charge is -2.01. The third kappa shape index (κ3) is 2.82. The molecule has 0 bridgehead atoms. The molecule has 13 heavy (non-hydrogen) atoms. The fourth-order valence-electron chi connectivity index (χ4n) is 0.796. The molecule has 1 aromatic rings. The van der Waals surface area contributed by atoms with Gasteiger partial charge in [-0.05, 0) is 37.9 Å². The van der Waals surface area contributed by atoms with E-state index < -0.39 is 12.0 Å². The number of hydrogen-bond donors (Lipinski definition) is 2. The topological polar surface area (TPSA) is 76.5 Å². The van der Waals surface area contributed by atoms with Gasteiger partial charge in [0.15, 0.2) is 4.67 Å². The summed E-state index contributed by atoms with van der Waals surface area (Å²) >= 11 is 6.36. The Hall–Kier alpha value is -0.330. The summed E-state index contributed by atoms with van der Waals surface area (Å²) < 4.78 is 6.45. The van der Waals surface area contributed by atoms with Crippen LogP contribution in [0.25, 0.3) is 0 Å². The summed E-state index contributed by atoms with van der Waals surface area (Å²) in [5.74, 6) is -0.503. The first-order chi connectivity index (χ1) is 6.00. The Labute approximate surface area is 91.4 Å². The summed E-state index contributed by atoms with van der Waals surface area (Å²) in [5.41, 5.74) is 5.32. The Morgan fingerprint density at radius 2 is 2.31 bits per heavy atom. The van der Waals surface area contributed by atoms with Crippen molar-refractivity contribution in [3.63, 3.8) is 0 Å². The molecule has 1 rings (SSSR count). The van der Waals surface area contributed by atoms with E-state index in [9.17, 15) is 4.79 Å². The van der Waals surface area contributed by atoms with Crippen molar-refractivity contribution >= 4 is 37.8 Å². The number of carboxylic acids is 1. The predicted octanol–water partition coefficient (Wildman–Crippen LogP) is 1.76. The minimum absolute atomic E-state index is 0.180. The highest BCUT2D eigenvalue weighted by Crippen LogP contribution is 2.27. The Morgan fingerprint density at radius 3 is 2.69 bits per heavy atom. The van der Waals surface area contributed by atoms with Crippen molar-refractivity contribution in [3.8, 4) is 0 Å². The van der Waals surface area contributed by atoms with Gasteiger partial charge in [-0.15, -0.1) is 0 Å². The number of carboxylic acid groups (broad SMARTS) is 1. The fraction of sp³-hybridized carbons (Fsp3) is 0.286. The first kappa shape index (κ1) is 10.7. The molecule has 0 radical (unpaired) electrons. The maximum absolute atomic E-state index is 10.4. The van der Waals surface area contributed by atoms with Crippen LogP contribution >= 0.6 is 31.9 Å². The number of hydrogen-bond acceptors (Lipinski definition) is 3. The summed E-state index contributed by atoms with van der Waals surface area (Å²) in [6.07, 6.45) is 0.180. The van der Waals surface area contributed by atoms with Crippen molar-refractivity contribution in [1.29, 1.82) is 0 Å². The SMILES string of the molecule is N[C@@H](Cc1cc(Br)c(Br)o1)C(=O)O. The van der Waals surface area contributed by atoms with Crippen molar-refractivity contribution in [3.05, 3.63) is 21.0 Å². The highest BCUT2D eigenvalue weighted by Gasteiger charge is 2.15. The summed E-state index contributed by atoms with van der Waals surface area (Å²) in [7, 11) is 0. The van der Waals surface area contributed by atoms with Crippen LogP contribution in [0.1, 0.15) is 5.76 Å². The second-order valence-electron chi connectivity index (χ2n) is 2.48. The average Bonchev–Trinajstić information content (AvgIpc) is 2.31. The molecular weight excluding hydrogens is 306 g/mol. The monoisotopic (exact) mass is 311 g/mol. The van der Waals surface area contributed by atoms with E-state index in [1.807, 2.05) is 0 Å². The first-order valence-corrected chi connectivity index (χ1v) is 5.01. The van der Waals surface area contributed by atoms with E-state index in [4.69, 9.17) is 15.3 Å². The third-order valence-corrected chi connectivity index (χ3v) is 3.14. The number of rotatable bonds is 3. The Balaban J connectivity index is 2.69. The maximum Gasteiger partial charge on any atom is 0.320 e. The van der Waals surface area contributed by atoms with Gasteiger partial charge in [0.25, 0.3) is 0 Å². The zero-order valence-corrected chi connectivity index (χ0v) is 9.63. The average molecular weight is 313 g/mol. The zero-order chi connectivity index (χ0) is 10.0. The molecule has 0 amide bonds. The van der Waals surface area contributed by atoms with E-state index in [2.05, 4.69) is 31.9 Å². The molecule has 1 aromatic heterocycles. The van der Waals surface area contributed by atoms with Crippen LogP contribution in [0.4, 0.5) is 0 Å². The first-order valence-electron chi connectivity index (χ1n) is 3.43. The molecule has 1 heterocycles. The Morgan fingerprint density at radius 1 is 1.69 bits per heavy atom. The number of nitrogens with two attached hydrogens (primary N) is 1. The minimum atomic E-state index is -1.04. The summed E-state index contributed by atoms with van der Waals surface area (Å²) in [6.45, 7) is 0. The van der Waals surface area contributed by atoms with Crippen molar-refractivity contribution in [2.24, 2.45) is 5.73 Å². The highest BCUT2D eigenvalue weighted by atomic mass is 79.9. The lowest BCUT2D eigenvalue weighted by molar-refractivity contribution is -0.138. The van der Waals surface area contributed by atoms with Crippen LogP contribution < -0.4 is 5.73 Å². The van der Waals surface area contributed by atoms with Crippen LogP contribution in [0.3, 0.4) is 0 Å². The molecule has 0 fully saturated rings. The molecular formula is C7H7Br2NO3. The quantitative estimate of drug-likeness (QED) is 0.891. The van der Waals surface area contributed by atoms with Crippen LogP contribution in [0, 0.1) is 0 Å². The molecule has 6 heteroatoms. The van der Waals surface area contributed by atoms with Gasteiger partial charge in [0, 0.05) is 6.42 Å². The minimum Gasteiger partial charge on any atom is -0.480 e. The highest BCUT2D eigenvalue weighted by molar-refractivity contribution is 9.13. The van der Waals surface area contributed by atoms with Gasteiger partial charge < -0.3 is 15.3 Å². The lowest BCUT2D eigenvalue weighted by atomic mass is 10.2. The molecule has 1 atom stereocenters. The van der Waals surface area contributed by atoms with Crippen molar-refractivity contribution in [2.75, 3.05) is 0 Å². The molecule has 0 aromatic carbocycles. The van der Waals surface area contributed by atoms with Crippen molar-refractivity contribution < 1.29 is 14.3 Å². The van der Waals surface area contributed by atoms with E-state index in [0.29, 0.717) is 10.4 Å². The molecule has 72 valence electrons. The maximum atomic E-state index is 10.4. The summed E-state index contributed by atoms with van der Waals surface area (Å²) in [6, 6.07) is 0.761. The van der Waals surface area contributed by atoms with Gasteiger partial charge >= 0.3 is 5.97 Å². The van der Waals surface area contributed by atoms with E-state index in [0.717, 1.165) is 4.47 Å². The van der Waals surface area contributed by atoms with Gasteiger partial charge in [0.05, 0.1) is 4.47 Å². The van der Waals surface area contributed by atoms with Crippen LogP contribution in [0.5, 0.6) is 0 Å². The summed E-state index contributed by atoms with van der Waals surface area (Å²) in [4.78, 5) is 10.4. The van der Waals surface area contributed by atoms with Gasteiger partial charge in [-0.25, -0.2) is 0 Å².